The molecule has 1 N–H and O–H groups in total. The Morgan fingerprint density at radius 2 is 2.03 bits per heavy atom. The number of rotatable bonds is 4. The van der Waals surface area contributed by atoms with Gasteiger partial charge in [0.25, 0.3) is 0 Å². The second-order valence-electron chi connectivity index (χ2n) is 8.08. The highest BCUT2D eigenvalue weighted by atomic mass is 19.4. The zero-order chi connectivity index (χ0) is 22.5. The molecule has 2 aliphatic rings. The van der Waals surface area contributed by atoms with Crippen molar-refractivity contribution in [1.29, 1.82) is 0 Å². The summed E-state index contributed by atoms with van der Waals surface area (Å²) >= 11 is 0. The molecule has 1 saturated heterocycles. The van der Waals surface area contributed by atoms with Gasteiger partial charge in [-0.05, 0) is 37.8 Å². The minimum Gasteiger partial charge on any atom is -0.475 e. The van der Waals surface area contributed by atoms with Crippen molar-refractivity contribution in [2.75, 3.05) is 33.8 Å². The molecular weight excluding hydrogens is 403 g/mol. The first-order valence-corrected chi connectivity index (χ1v) is 9.71. The van der Waals surface area contributed by atoms with E-state index in [1.807, 2.05) is 44.1 Å². The zero-order valence-electron chi connectivity index (χ0n) is 17.4. The molecule has 1 aliphatic carbocycles. The van der Waals surface area contributed by atoms with Gasteiger partial charge in [0.2, 0.25) is 0 Å². The fraction of sp³-hybridized carbons (Fsp3) is 0.650. The van der Waals surface area contributed by atoms with Crippen LogP contribution >= 0.6 is 0 Å². The monoisotopic (exact) mass is 431 g/mol. The summed E-state index contributed by atoms with van der Waals surface area (Å²) in [5, 5.41) is 7.12. The Balaban J connectivity index is 0.000000396. The molecule has 0 spiro atoms. The molecule has 2 fully saturated rings. The van der Waals surface area contributed by atoms with Crippen LogP contribution in [0.5, 0.6) is 0 Å². The lowest BCUT2D eigenvalue weighted by molar-refractivity contribution is -0.192. The molecule has 0 bridgehead atoms. The third kappa shape index (κ3) is 6.07. The number of urea groups is 1. The topological polar surface area (TPSA) is 83.0 Å². The smallest absolute Gasteiger partial charge is 0.475 e. The van der Waals surface area contributed by atoms with Crippen LogP contribution in [0.25, 0.3) is 0 Å². The number of nitrogens with zero attached hydrogens (tertiary/aromatic N) is 3. The van der Waals surface area contributed by atoms with E-state index in [4.69, 9.17) is 14.6 Å². The van der Waals surface area contributed by atoms with Gasteiger partial charge in [-0.25, -0.2) is 9.59 Å². The van der Waals surface area contributed by atoms with Crippen LogP contribution in [0.1, 0.15) is 30.7 Å². The van der Waals surface area contributed by atoms with Gasteiger partial charge in [-0.15, -0.1) is 0 Å². The standard InChI is InChI=1S/C18H27N3O2.C2HF3O2/c1-14-6-4-8-16(19-14)11-23-13-18-9-5-7-15(18)10-21(12-18)17(22)20(2)3;3-2(4,5)1(6)7/h4,6,8,15H,5,7,9-13H2,1-3H3;(H,6,7)/t15-,18+;/m1./s1. The molecule has 3 rings (SSSR count). The van der Waals surface area contributed by atoms with Gasteiger partial charge in [-0.2, -0.15) is 13.2 Å². The lowest BCUT2D eigenvalue weighted by atomic mass is 9.81. The minimum absolute atomic E-state index is 0.124. The van der Waals surface area contributed by atoms with Crippen molar-refractivity contribution in [1.82, 2.24) is 14.8 Å². The number of alkyl halides is 3. The molecule has 10 heteroatoms. The highest BCUT2D eigenvalue weighted by Gasteiger charge is 2.51. The van der Waals surface area contributed by atoms with Gasteiger partial charge >= 0.3 is 18.2 Å². The molecule has 2 atom stereocenters. The van der Waals surface area contributed by atoms with Gasteiger partial charge in [0.05, 0.1) is 18.9 Å². The number of carbonyl (C=O) groups is 2. The number of aromatic nitrogens is 1. The third-order valence-corrected chi connectivity index (χ3v) is 5.52. The SMILES string of the molecule is Cc1cccc(COC[C@@]23CCC[C@@H]2CN(C(=O)N(C)C)C3)n1.O=C(O)C(F)(F)F. The van der Waals surface area contributed by atoms with Gasteiger partial charge in [0.1, 0.15) is 0 Å². The van der Waals surface area contributed by atoms with Gasteiger partial charge < -0.3 is 19.6 Å². The van der Waals surface area contributed by atoms with E-state index in [1.165, 1.54) is 12.8 Å². The maximum absolute atomic E-state index is 12.3. The molecule has 2 heterocycles. The number of amides is 2. The van der Waals surface area contributed by atoms with Crippen molar-refractivity contribution < 1.29 is 32.6 Å². The number of hydrogen-bond donors (Lipinski definition) is 1. The number of carboxylic acid groups (broad SMARTS) is 1. The van der Waals surface area contributed by atoms with Gasteiger partial charge in [0.15, 0.2) is 0 Å². The Morgan fingerprint density at radius 1 is 1.37 bits per heavy atom. The molecule has 0 aromatic carbocycles. The Bertz CT molecular complexity index is 757. The van der Waals surface area contributed by atoms with E-state index in [-0.39, 0.29) is 11.4 Å². The number of halogens is 3. The van der Waals surface area contributed by atoms with Crippen molar-refractivity contribution in [3.05, 3.63) is 29.6 Å². The number of likely N-dealkylation sites (tertiary alicyclic amines) is 1. The number of pyridine rings is 1. The summed E-state index contributed by atoms with van der Waals surface area (Å²) in [5.41, 5.74) is 2.15. The number of carbonyl (C=O) groups excluding carboxylic acids is 1. The molecular formula is C20H28F3N3O4. The first-order valence-electron chi connectivity index (χ1n) is 9.71. The van der Waals surface area contributed by atoms with Crippen molar-refractivity contribution in [3.8, 4) is 0 Å². The van der Waals surface area contributed by atoms with Crippen LogP contribution in [0.2, 0.25) is 0 Å². The lowest BCUT2D eigenvalue weighted by Crippen LogP contribution is -2.40. The van der Waals surface area contributed by atoms with E-state index in [0.29, 0.717) is 12.5 Å². The fourth-order valence-electron chi connectivity index (χ4n) is 4.12. The van der Waals surface area contributed by atoms with Crippen LogP contribution in [-0.2, 0) is 16.1 Å². The van der Waals surface area contributed by atoms with E-state index in [1.54, 1.807) is 4.90 Å². The predicted octanol–water partition coefficient (Wildman–Crippen LogP) is 3.32. The zero-order valence-corrected chi connectivity index (χ0v) is 17.4. The first-order chi connectivity index (χ1) is 13.9. The molecule has 2 amide bonds. The summed E-state index contributed by atoms with van der Waals surface area (Å²) in [6.07, 6.45) is -1.46. The largest absolute Gasteiger partial charge is 0.490 e. The predicted molar refractivity (Wildman–Crippen MR) is 103 cm³/mol. The normalized spacial score (nSPS) is 22.9. The van der Waals surface area contributed by atoms with E-state index in [9.17, 15) is 18.0 Å². The summed E-state index contributed by atoms with van der Waals surface area (Å²) in [6.45, 7) is 4.98. The summed E-state index contributed by atoms with van der Waals surface area (Å²) in [4.78, 5) is 29.3. The second kappa shape index (κ2) is 9.63. The third-order valence-electron chi connectivity index (χ3n) is 5.52. The number of aryl methyl sites for hydroxylation is 1. The molecule has 1 aromatic heterocycles. The molecule has 1 aromatic rings. The van der Waals surface area contributed by atoms with Gasteiger partial charge in [-0.3, -0.25) is 4.98 Å². The number of ether oxygens (including phenoxy) is 1. The van der Waals surface area contributed by atoms with E-state index >= 15 is 0 Å². The number of hydrogen-bond acceptors (Lipinski definition) is 4. The number of carboxylic acids is 1. The molecule has 1 saturated carbocycles. The number of fused-ring (bicyclic) bond motifs is 1. The minimum atomic E-state index is -5.08. The lowest BCUT2D eigenvalue weighted by Gasteiger charge is -2.29. The van der Waals surface area contributed by atoms with Gasteiger partial charge in [-0.1, -0.05) is 12.5 Å². The summed E-state index contributed by atoms with van der Waals surface area (Å²) in [7, 11) is 3.64. The quantitative estimate of drug-likeness (QED) is 0.791. The first kappa shape index (κ1) is 23.9. The molecule has 0 unspecified atom stereocenters. The molecule has 168 valence electrons. The molecule has 0 radical (unpaired) electrons. The van der Waals surface area contributed by atoms with E-state index in [2.05, 4.69) is 4.98 Å². The summed E-state index contributed by atoms with van der Waals surface area (Å²) in [5.74, 6) is -2.18. The molecule has 7 nitrogen and oxygen atoms in total. The second-order valence-corrected chi connectivity index (χ2v) is 8.08. The van der Waals surface area contributed by atoms with Crippen LogP contribution in [-0.4, -0.2) is 71.9 Å². The van der Waals surface area contributed by atoms with Crippen LogP contribution in [0.15, 0.2) is 18.2 Å². The van der Waals surface area contributed by atoms with Crippen molar-refractivity contribution in [3.63, 3.8) is 0 Å². The molecule has 1 aliphatic heterocycles. The van der Waals surface area contributed by atoms with Crippen molar-refractivity contribution in [2.45, 2.75) is 39.0 Å². The van der Waals surface area contributed by atoms with Crippen molar-refractivity contribution in [2.24, 2.45) is 11.3 Å². The summed E-state index contributed by atoms with van der Waals surface area (Å²) in [6, 6.07) is 6.15. The number of aliphatic carboxylic acids is 1. The van der Waals surface area contributed by atoms with Crippen LogP contribution in [0.3, 0.4) is 0 Å². The maximum Gasteiger partial charge on any atom is 0.490 e. The Kier molecular flexibility index (Phi) is 7.68. The highest BCUT2D eigenvalue weighted by Crippen LogP contribution is 2.49. The Hall–Kier alpha value is -2.36. The Labute approximate surface area is 173 Å². The fourth-order valence-corrected chi connectivity index (χ4v) is 4.12. The Morgan fingerprint density at radius 3 is 2.60 bits per heavy atom. The van der Waals surface area contributed by atoms with Crippen molar-refractivity contribution >= 4 is 12.0 Å². The average Bonchev–Trinajstić information content (AvgIpc) is 3.18. The maximum atomic E-state index is 12.3. The van der Waals surface area contributed by atoms with E-state index < -0.39 is 12.1 Å². The average molecular weight is 431 g/mol. The van der Waals surface area contributed by atoms with Crippen LogP contribution in [0.4, 0.5) is 18.0 Å². The van der Waals surface area contributed by atoms with Crippen LogP contribution < -0.4 is 0 Å². The highest BCUT2D eigenvalue weighted by molar-refractivity contribution is 5.74. The van der Waals surface area contributed by atoms with Crippen LogP contribution in [0, 0.1) is 18.3 Å². The van der Waals surface area contributed by atoms with Gasteiger partial charge in [0, 0.05) is 38.3 Å². The molecule has 30 heavy (non-hydrogen) atoms. The van der Waals surface area contributed by atoms with E-state index in [0.717, 1.165) is 37.5 Å². The summed E-state index contributed by atoms with van der Waals surface area (Å²) < 4.78 is 37.8.